The summed E-state index contributed by atoms with van der Waals surface area (Å²) in [7, 11) is 0. The van der Waals surface area contributed by atoms with E-state index in [2.05, 4.69) is 10.6 Å². The van der Waals surface area contributed by atoms with Crippen LogP contribution in [0.4, 0.5) is 0 Å². The molecule has 2 amide bonds. The number of amides is 2. The van der Waals surface area contributed by atoms with Crippen LogP contribution >= 0.6 is 12.4 Å². The van der Waals surface area contributed by atoms with Gasteiger partial charge in [0.15, 0.2) is 0 Å². The van der Waals surface area contributed by atoms with Crippen molar-refractivity contribution in [2.24, 2.45) is 0 Å². The fourth-order valence-electron chi connectivity index (χ4n) is 1.65. The van der Waals surface area contributed by atoms with Gasteiger partial charge in [0.1, 0.15) is 0 Å². The minimum absolute atomic E-state index is 0. The van der Waals surface area contributed by atoms with Crippen molar-refractivity contribution in [2.45, 2.75) is 26.2 Å². The molecule has 0 aliphatic carbocycles. The Balaban J connectivity index is 0.00000256. The third-order valence-electron chi connectivity index (χ3n) is 2.61. The number of hydrogen-bond acceptors (Lipinski definition) is 3. The molecule has 1 rings (SSSR count). The number of rotatable bonds is 5. The van der Waals surface area contributed by atoms with Gasteiger partial charge in [-0.05, 0) is 6.42 Å². The second-order valence-electron chi connectivity index (χ2n) is 3.98. The van der Waals surface area contributed by atoms with E-state index in [1.807, 2.05) is 11.8 Å². The van der Waals surface area contributed by atoms with Crippen molar-refractivity contribution in [2.75, 3.05) is 32.7 Å². The largest absolute Gasteiger partial charge is 0.356 e. The quantitative estimate of drug-likeness (QED) is 0.742. The first-order chi connectivity index (χ1) is 7.74. The highest BCUT2D eigenvalue weighted by Crippen LogP contribution is 1.99. The Bertz CT molecular complexity index is 243. The Morgan fingerprint density at radius 1 is 1.24 bits per heavy atom. The standard InChI is InChI=1S/C11H21N3O2.ClH/c1-2-5-13-10(15)3-4-11(16)14-8-6-12-7-9-14;/h12H,2-9H2,1H3,(H,13,15);1H. The number of piperazine rings is 1. The molecule has 6 heteroatoms. The molecule has 0 unspecified atom stereocenters. The first kappa shape index (κ1) is 16.2. The molecule has 0 spiro atoms. The summed E-state index contributed by atoms with van der Waals surface area (Å²) in [5.41, 5.74) is 0. The van der Waals surface area contributed by atoms with Gasteiger partial charge in [-0.15, -0.1) is 12.4 Å². The number of carbonyl (C=O) groups excluding carboxylic acids is 2. The van der Waals surface area contributed by atoms with E-state index in [1.165, 1.54) is 0 Å². The average molecular weight is 264 g/mol. The van der Waals surface area contributed by atoms with Crippen LogP contribution in [0.25, 0.3) is 0 Å². The molecule has 1 fully saturated rings. The zero-order valence-corrected chi connectivity index (χ0v) is 11.1. The van der Waals surface area contributed by atoms with Crippen LogP contribution in [0.2, 0.25) is 0 Å². The summed E-state index contributed by atoms with van der Waals surface area (Å²) in [6.45, 7) is 5.93. The van der Waals surface area contributed by atoms with E-state index >= 15 is 0 Å². The Morgan fingerprint density at radius 3 is 2.47 bits per heavy atom. The molecule has 2 N–H and O–H groups in total. The van der Waals surface area contributed by atoms with E-state index in [1.54, 1.807) is 0 Å². The number of carbonyl (C=O) groups is 2. The number of nitrogens with one attached hydrogen (secondary N) is 2. The Hall–Kier alpha value is -0.810. The zero-order chi connectivity index (χ0) is 11.8. The first-order valence-corrected chi connectivity index (χ1v) is 5.99. The fraction of sp³-hybridized carbons (Fsp3) is 0.818. The van der Waals surface area contributed by atoms with Crippen molar-refractivity contribution < 1.29 is 9.59 Å². The minimum atomic E-state index is -0.0228. The molecule has 0 bridgehead atoms. The van der Waals surface area contributed by atoms with Crippen molar-refractivity contribution in [3.05, 3.63) is 0 Å². The topological polar surface area (TPSA) is 61.4 Å². The van der Waals surface area contributed by atoms with Crippen LogP contribution in [0.1, 0.15) is 26.2 Å². The van der Waals surface area contributed by atoms with Crippen LogP contribution < -0.4 is 10.6 Å². The van der Waals surface area contributed by atoms with Crippen molar-refractivity contribution in [1.82, 2.24) is 15.5 Å². The van der Waals surface area contributed by atoms with E-state index in [4.69, 9.17) is 0 Å². The van der Waals surface area contributed by atoms with Crippen LogP contribution in [-0.4, -0.2) is 49.4 Å². The lowest BCUT2D eigenvalue weighted by Gasteiger charge is -2.27. The molecule has 1 heterocycles. The molecule has 1 saturated heterocycles. The minimum Gasteiger partial charge on any atom is -0.356 e. The summed E-state index contributed by atoms with van der Waals surface area (Å²) in [6, 6.07) is 0. The molecular weight excluding hydrogens is 242 g/mol. The van der Waals surface area contributed by atoms with Gasteiger partial charge in [-0.2, -0.15) is 0 Å². The second-order valence-corrected chi connectivity index (χ2v) is 3.98. The normalized spacial score (nSPS) is 15.0. The van der Waals surface area contributed by atoms with Gasteiger partial charge in [0.25, 0.3) is 0 Å². The molecule has 5 nitrogen and oxygen atoms in total. The van der Waals surface area contributed by atoms with Crippen molar-refractivity contribution in [3.8, 4) is 0 Å². The van der Waals surface area contributed by atoms with Crippen LogP contribution in [0, 0.1) is 0 Å². The summed E-state index contributed by atoms with van der Waals surface area (Å²) in [5.74, 6) is 0.0680. The summed E-state index contributed by atoms with van der Waals surface area (Å²) in [6.07, 6.45) is 1.57. The van der Waals surface area contributed by atoms with E-state index in [0.29, 0.717) is 19.4 Å². The van der Waals surface area contributed by atoms with Gasteiger partial charge in [0, 0.05) is 45.6 Å². The van der Waals surface area contributed by atoms with Crippen molar-refractivity contribution >= 4 is 24.2 Å². The number of hydrogen-bond donors (Lipinski definition) is 2. The van der Waals surface area contributed by atoms with E-state index in [9.17, 15) is 9.59 Å². The highest BCUT2D eigenvalue weighted by molar-refractivity contribution is 5.85. The van der Waals surface area contributed by atoms with Gasteiger partial charge < -0.3 is 15.5 Å². The lowest BCUT2D eigenvalue weighted by atomic mass is 10.2. The maximum atomic E-state index is 11.7. The van der Waals surface area contributed by atoms with Crippen LogP contribution in [-0.2, 0) is 9.59 Å². The maximum absolute atomic E-state index is 11.7. The smallest absolute Gasteiger partial charge is 0.223 e. The molecule has 1 aliphatic rings. The maximum Gasteiger partial charge on any atom is 0.223 e. The molecule has 100 valence electrons. The van der Waals surface area contributed by atoms with Gasteiger partial charge in [-0.25, -0.2) is 0 Å². The lowest BCUT2D eigenvalue weighted by Crippen LogP contribution is -2.46. The molecule has 17 heavy (non-hydrogen) atoms. The van der Waals surface area contributed by atoms with Gasteiger partial charge in [-0.1, -0.05) is 6.92 Å². The van der Waals surface area contributed by atoms with Gasteiger partial charge in [-0.3, -0.25) is 9.59 Å². The summed E-state index contributed by atoms with van der Waals surface area (Å²) >= 11 is 0. The Morgan fingerprint density at radius 2 is 1.88 bits per heavy atom. The summed E-state index contributed by atoms with van der Waals surface area (Å²) in [4.78, 5) is 24.8. The van der Waals surface area contributed by atoms with Gasteiger partial charge >= 0.3 is 0 Å². The van der Waals surface area contributed by atoms with Gasteiger partial charge in [0.05, 0.1) is 0 Å². The highest BCUT2D eigenvalue weighted by atomic mass is 35.5. The summed E-state index contributed by atoms with van der Waals surface area (Å²) in [5, 5.41) is 5.96. The Kier molecular flexibility index (Phi) is 8.80. The first-order valence-electron chi connectivity index (χ1n) is 5.99. The zero-order valence-electron chi connectivity index (χ0n) is 10.3. The fourth-order valence-corrected chi connectivity index (χ4v) is 1.65. The molecule has 0 saturated carbocycles. The molecule has 0 aromatic rings. The highest BCUT2D eigenvalue weighted by Gasteiger charge is 2.16. The van der Waals surface area contributed by atoms with E-state index < -0.39 is 0 Å². The van der Waals surface area contributed by atoms with Gasteiger partial charge in [0.2, 0.25) is 11.8 Å². The molecule has 0 radical (unpaired) electrons. The monoisotopic (exact) mass is 263 g/mol. The molecule has 0 atom stereocenters. The van der Waals surface area contributed by atoms with E-state index in [0.717, 1.165) is 32.6 Å². The molecular formula is C11H22ClN3O2. The third-order valence-corrected chi connectivity index (χ3v) is 2.61. The number of halogens is 1. The average Bonchev–Trinajstić information content (AvgIpc) is 2.34. The predicted molar refractivity (Wildman–Crippen MR) is 69.2 cm³/mol. The SMILES string of the molecule is CCCNC(=O)CCC(=O)N1CCNCC1.Cl. The summed E-state index contributed by atoms with van der Waals surface area (Å²) < 4.78 is 0. The predicted octanol–water partition coefficient (Wildman–Crippen LogP) is 0.146. The second kappa shape index (κ2) is 9.24. The van der Waals surface area contributed by atoms with Crippen LogP contribution in [0.5, 0.6) is 0 Å². The molecule has 0 aromatic carbocycles. The number of nitrogens with zero attached hydrogens (tertiary/aromatic N) is 1. The molecule has 0 aromatic heterocycles. The van der Waals surface area contributed by atoms with E-state index in [-0.39, 0.29) is 24.2 Å². The molecule has 1 aliphatic heterocycles. The van der Waals surface area contributed by atoms with Crippen LogP contribution in [0.15, 0.2) is 0 Å². The van der Waals surface area contributed by atoms with Crippen LogP contribution in [0.3, 0.4) is 0 Å². The Labute approximate surface area is 109 Å². The van der Waals surface area contributed by atoms with Crippen molar-refractivity contribution in [1.29, 1.82) is 0 Å². The third kappa shape index (κ3) is 6.48. The lowest BCUT2D eigenvalue weighted by molar-refractivity contribution is -0.134. The van der Waals surface area contributed by atoms with Crippen molar-refractivity contribution in [3.63, 3.8) is 0 Å².